The molecule has 2 aromatic heterocycles. The molecule has 2 rings (SSSR count). The monoisotopic (exact) mass is 220 g/mol. The van der Waals surface area contributed by atoms with Crippen LogP contribution in [0.1, 0.15) is 5.01 Å². The molecule has 0 radical (unpaired) electrons. The van der Waals surface area contributed by atoms with Gasteiger partial charge in [-0.05, 0) is 7.05 Å². The number of likely N-dealkylation sites (N-methyl/N-ethyl adjacent to an activating group) is 1. The second-order valence-electron chi connectivity index (χ2n) is 3.07. The first-order valence-corrected chi connectivity index (χ1v) is 5.63. The van der Waals surface area contributed by atoms with Crippen molar-refractivity contribution in [3.63, 3.8) is 0 Å². The van der Waals surface area contributed by atoms with Crippen LogP contribution in [0.2, 0.25) is 0 Å². The van der Waals surface area contributed by atoms with Crippen molar-refractivity contribution < 1.29 is 0 Å². The number of hydrogen-bond acceptors (Lipinski definition) is 5. The van der Waals surface area contributed by atoms with Crippen LogP contribution in [0.15, 0.2) is 24.0 Å². The zero-order chi connectivity index (χ0) is 10.5. The van der Waals surface area contributed by atoms with Crippen molar-refractivity contribution in [3.8, 4) is 11.4 Å². The van der Waals surface area contributed by atoms with Gasteiger partial charge in [0.05, 0.1) is 11.2 Å². The standard InChI is InChI=1S/C10H12N4S/c1-11-3-2-10-14-9(7-15-10)8-6-12-4-5-13-8/h4-7,11H,2-3H2,1H3. The molecular weight excluding hydrogens is 208 g/mol. The lowest BCUT2D eigenvalue weighted by Gasteiger charge is -1.94. The molecule has 2 heterocycles. The molecule has 5 heteroatoms. The highest BCUT2D eigenvalue weighted by atomic mass is 32.1. The lowest BCUT2D eigenvalue weighted by atomic mass is 10.3. The van der Waals surface area contributed by atoms with E-state index in [0.29, 0.717) is 0 Å². The van der Waals surface area contributed by atoms with Gasteiger partial charge in [-0.3, -0.25) is 9.97 Å². The van der Waals surface area contributed by atoms with Crippen LogP contribution in [-0.2, 0) is 6.42 Å². The summed E-state index contributed by atoms with van der Waals surface area (Å²) in [5.74, 6) is 0. The quantitative estimate of drug-likeness (QED) is 0.845. The summed E-state index contributed by atoms with van der Waals surface area (Å²) in [7, 11) is 1.94. The summed E-state index contributed by atoms with van der Waals surface area (Å²) in [6.07, 6.45) is 6.04. The van der Waals surface area contributed by atoms with Crippen LogP contribution in [-0.4, -0.2) is 28.5 Å². The number of hydrogen-bond donors (Lipinski definition) is 1. The van der Waals surface area contributed by atoms with Gasteiger partial charge in [-0.25, -0.2) is 4.98 Å². The van der Waals surface area contributed by atoms with Crippen molar-refractivity contribution >= 4 is 11.3 Å². The van der Waals surface area contributed by atoms with Crippen molar-refractivity contribution in [2.45, 2.75) is 6.42 Å². The summed E-state index contributed by atoms with van der Waals surface area (Å²) in [6.45, 7) is 0.952. The van der Waals surface area contributed by atoms with Crippen LogP contribution in [0, 0.1) is 0 Å². The van der Waals surface area contributed by atoms with Crippen LogP contribution in [0.3, 0.4) is 0 Å². The molecule has 1 N–H and O–H groups in total. The predicted molar refractivity (Wildman–Crippen MR) is 60.8 cm³/mol. The van der Waals surface area contributed by atoms with Crippen molar-refractivity contribution in [1.29, 1.82) is 0 Å². The van der Waals surface area contributed by atoms with Crippen LogP contribution < -0.4 is 5.32 Å². The maximum atomic E-state index is 4.49. The van der Waals surface area contributed by atoms with Gasteiger partial charge in [0.25, 0.3) is 0 Å². The van der Waals surface area contributed by atoms with Gasteiger partial charge in [-0.2, -0.15) is 0 Å². The van der Waals surface area contributed by atoms with Gasteiger partial charge < -0.3 is 5.32 Å². The second kappa shape index (κ2) is 4.95. The number of nitrogens with one attached hydrogen (secondary N) is 1. The molecule has 0 saturated heterocycles. The Hall–Kier alpha value is -1.33. The minimum absolute atomic E-state index is 0.837. The van der Waals surface area contributed by atoms with E-state index in [1.807, 2.05) is 12.4 Å². The Labute approximate surface area is 92.4 Å². The highest BCUT2D eigenvalue weighted by Crippen LogP contribution is 2.18. The van der Waals surface area contributed by atoms with E-state index in [-0.39, 0.29) is 0 Å². The van der Waals surface area contributed by atoms with Crippen molar-refractivity contribution in [3.05, 3.63) is 29.0 Å². The van der Waals surface area contributed by atoms with Crippen LogP contribution in [0.25, 0.3) is 11.4 Å². The number of aromatic nitrogens is 3. The van der Waals surface area contributed by atoms with E-state index in [2.05, 4.69) is 20.3 Å². The van der Waals surface area contributed by atoms with E-state index in [4.69, 9.17) is 0 Å². The zero-order valence-electron chi connectivity index (χ0n) is 8.47. The Bertz CT molecular complexity index is 412. The third-order valence-electron chi connectivity index (χ3n) is 1.97. The summed E-state index contributed by atoms with van der Waals surface area (Å²) < 4.78 is 0. The molecule has 4 nitrogen and oxygen atoms in total. The molecule has 78 valence electrons. The van der Waals surface area contributed by atoms with E-state index >= 15 is 0 Å². The number of nitrogens with zero attached hydrogens (tertiary/aromatic N) is 3. The first kappa shape index (κ1) is 10.2. The van der Waals surface area contributed by atoms with Gasteiger partial charge in [0.15, 0.2) is 0 Å². The van der Waals surface area contributed by atoms with Gasteiger partial charge in [0.1, 0.15) is 11.4 Å². The Kier molecular flexibility index (Phi) is 3.37. The summed E-state index contributed by atoms with van der Waals surface area (Å²) in [6, 6.07) is 0. The largest absolute Gasteiger partial charge is 0.319 e. The number of rotatable bonds is 4. The van der Waals surface area contributed by atoms with E-state index in [0.717, 1.165) is 29.4 Å². The van der Waals surface area contributed by atoms with Gasteiger partial charge in [-0.1, -0.05) is 0 Å². The van der Waals surface area contributed by atoms with E-state index in [1.54, 1.807) is 29.9 Å². The molecule has 0 fully saturated rings. The lowest BCUT2D eigenvalue weighted by Crippen LogP contribution is -2.09. The van der Waals surface area contributed by atoms with Gasteiger partial charge in [-0.15, -0.1) is 11.3 Å². The topological polar surface area (TPSA) is 50.7 Å². The molecule has 0 amide bonds. The molecule has 2 aromatic rings. The Morgan fingerprint density at radius 2 is 2.27 bits per heavy atom. The van der Waals surface area contributed by atoms with Crippen molar-refractivity contribution in [2.24, 2.45) is 0 Å². The van der Waals surface area contributed by atoms with E-state index < -0.39 is 0 Å². The minimum atomic E-state index is 0.837. The minimum Gasteiger partial charge on any atom is -0.319 e. The summed E-state index contributed by atoms with van der Waals surface area (Å²) >= 11 is 1.67. The SMILES string of the molecule is CNCCc1nc(-c2cnccn2)cs1. The van der Waals surface area contributed by atoms with Crippen LogP contribution >= 0.6 is 11.3 Å². The van der Waals surface area contributed by atoms with E-state index in [1.165, 1.54) is 0 Å². The van der Waals surface area contributed by atoms with Crippen molar-refractivity contribution in [2.75, 3.05) is 13.6 Å². The normalized spacial score (nSPS) is 10.5. The second-order valence-corrected chi connectivity index (χ2v) is 4.01. The average Bonchev–Trinajstić information content (AvgIpc) is 2.76. The zero-order valence-corrected chi connectivity index (χ0v) is 9.29. The molecular formula is C10H12N4S. The highest BCUT2D eigenvalue weighted by Gasteiger charge is 2.04. The molecule has 0 aliphatic carbocycles. The van der Waals surface area contributed by atoms with Crippen LogP contribution in [0.5, 0.6) is 0 Å². The first-order chi connectivity index (χ1) is 7.40. The third-order valence-corrected chi connectivity index (χ3v) is 2.87. The number of thiazole rings is 1. The molecule has 0 atom stereocenters. The average molecular weight is 220 g/mol. The fraction of sp³-hybridized carbons (Fsp3) is 0.300. The Morgan fingerprint density at radius 1 is 1.33 bits per heavy atom. The van der Waals surface area contributed by atoms with Gasteiger partial charge in [0.2, 0.25) is 0 Å². The maximum Gasteiger partial charge on any atom is 0.108 e. The summed E-state index contributed by atoms with van der Waals surface area (Å²) in [5.41, 5.74) is 1.75. The molecule has 0 spiro atoms. The molecule has 0 bridgehead atoms. The molecule has 0 aromatic carbocycles. The molecule has 0 aliphatic rings. The molecule has 0 saturated carbocycles. The fourth-order valence-corrected chi connectivity index (χ4v) is 2.00. The first-order valence-electron chi connectivity index (χ1n) is 4.75. The third kappa shape index (κ3) is 2.57. The maximum absolute atomic E-state index is 4.49. The smallest absolute Gasteiger partial charge is 0.108 e. The molecule has 0 unspecified atom stereocenters. The van der Waals surface area contributed by atoms with Gasteiger partial charge in [0, 0.05) is 30.7 Å². The van der Waals surface area contributed by atoms with E-state index in [9.17, 15) is 0 Å². The lowest BCUT2D eigenvalue weighted by molar-refractivity contribution is 0.788. The van der Waals surface area contributed by atoms with Gasteiger partial charge >= 0.3 is 0 Å². The molecule has 0 aliphatic heterocycles. The molecule has 15 heavy (non-hydrogen) atoms. The van der Waals surface area contributed by atoms with Crippen LogP contribution in [0.4, 0.5) is 0 Å². The fourth-order valence-electron chi connectivity index (χ4n) is 1.21. The van der Waals surface area contributed by atoms with Crippen molar-refractivity contribution in [1.82, 2.24) is 20.3 Å². The summed E-state index contributed by atoms with van der Waals surface area (Å²) in [5, 5.41) is 6.26. The predicted octanol–water partition coefficient (Wildman–Crippen LogP) is 1.36. The summed E-state index contributed by atoms with van der Waals surface area (Å²) in [4.78, 5) is 12.7. The Balaban J connectivity index is 2.14. The highest BCUT2D eigenvalue weighted by molar-refractivity contribution is 7.09. The Morgan fingerprint density at radius 3 is 3.00 bits per heavy atom.